The zero-order valence-electron chi connectivity index (χ0n) is 21.6. The first-order chi connectivity index (χ1) is 16.5. The van der Waals surface area contributed by atoms with Crippen molar-refractivity contribution in [1.29, 1.82) is 0 Å². The highest BCUT2D eigenvalue weighted by atomic mass is 16.5. The Morgan fingerprint density at radius 2 is 1.88 bits per heavy atom. The van der Waals surface area contributed by atoms with Gasteiger partial charge in [-0.25, -0.2) is 0 Å². The number of methoxy groups -OCH3 is 1. The van der Waals surface area contributed by atoms with Crippen LogP contribution < -0.4 is 4.74 Å². The molecule has 0 unspecified atom stereocenters. The second-order valence-electron chi connectivity index (χ2n) is 10.5. The Balaban J connectivity index is 1.28. The molecule has 34 heavy (non-hydrogen) atoms. The van der Waals surface area contributed by atoms with Crippen LogP contribution in [-0.4, -0.2) is 25.6 Å². The van der Waals surface area contributed by atoms with Gasteiger partial charge in [-0.1, -0.05) is 51.5 Å². The molecule has 0 spiro atoms. The molecular weight excluding hydrogens is 424 g/mol. The zero-order valence-corrected chi connectivity index (χ0v) is 21.6. The minimum atomic E-state index is 0.0533. The van der Waals surface area contributed by atoms with E-state index >= 15 is 0 Å². The van der Waals surface area contributed by atoms with Crippen LogP contribution in [0.25, 0.3) is 0 Å². The van der Waals surface area contributed by atoms with E-state index in [4.69, 9.17) is 14.2 Å². The Bertz CT molecular complexity index is 808. The second kappa shape index (κ2) is 13.7. The summed E-state index contributed by atoms with van der Waals surface area (Å²) in [4.78, 5) is 12.5. The lowest BCUT2D eigenvalue weighted by atomic mass is 9.75. The van der Waals surface area contributed by atoms with Crippen molar-refractivity contribution in [2.75, 3.05) is 13.7 Å². The third-order valence-electron chi connectivity index (χ3n) is 7.34. The molecule has 2 aliphatic rings. The Morgan fingerprint density at radius 1 is 1.09 bits per heavy atom. The highest BCUT2D eigenvalue weighted by molar-refractivity contribution is 5.94. The largest absolute Gasteiger partial charge is 0.497 e. The van der Waals surface area contributed by atoms with Gasteiger partial charge in [-0.3, -0.25) is 4.79 Å². The van der Waals surface area contributed by atoms with Crippen molar-refractivity contribution in [3.63, 3.8) is 0 Å². The van der Waals surface area contributed by atoms with E-state index in [0.717, 1.165) is 62.2 Å². The van der Waals surface area contributed by atoms with Crippen LogP contribution in [0.1, 0.15) is 77.7 Å². The fourth-order valence-corrected chi connectivity index (χ4v) is 5.16. The third-order valence-corrected chi connectivity index (χ3v) is 7.34. The van der Waals surface area contributed by atoms with Crippen molar-refractivity contribution < 1.29 is 19.0 Å². The lowest BCUT2D eigenvalue weighted by molar-refractivity contribution is -0.117. The molecule has 0 bridgehead atoms. The average Bonchev–Trinajstić information content (AvgIpc) is 3.16. The van der Waals surface area contributed by atoms with E-state index in [-0.39, 0.29) is 17.8 Å². The first-order valence-corrected chi connectivity index (χ1v) is 13.2. The molecule has 1 aromatic rings. The molecule has 1 saturated carbocycles. The highest BCUT2D eigenvalue weighted by Gasteiger charge is 2.34. The SMILES string of the molecule is COc1ccc(COCCCC/C=C\C[C@@H]2CC(O[C@@H]3C[C@H](C)CC[C@H]3C(C)C)=CC2=O)cc1. The average molecular weight is 469 g/mol. The molecule has 4 atom stereocenters. The molecule has 3 rings (SSSR count). The Hall–Kier alpha value is -2.07. The highest BCUT2D eigenvalue weighted by Crippen LogP contribution is 2.38. The van der Waals surface area contributed by atoms with Crippen molar-refractivity contribution in [2.24, 2.45) is 23.7 Å². The summed E-state index contributed by atoms with van der Waals surface area (Å²) in [6.07, 6.45) is 14.8. The number of ketones is 1. The fourth-order valence-electron chi connectivity index (χ4n) is 5.16. The van der Waals surface area contributed by atoms with Gasteiger partial charge in [0.1, 0.15) is 17.6 Å². The van der Waals surface area contributed by atoms with E-state index in [2.05, 4.69) is 32.9 Å². The van der Waals surface area contributed by atoms with Crippen molar-refractivity contribution >= 4 is 5.78 Å². The van der Waals surface area contributed by atoms with Gasteiger partial charge in [-0.05, 0) is 74.0 Å². The fraction of sp³-hybridized carbons (Fsp3) is 0.633. The zero-order chi connectivity index (χ0) is 24.3. The summed E-state index contributed by atoms with van der Waals surface area (Å²) in [5.74, 6) is 4.02. The van der Waals surface area contributed by atoms with Gasteiger partial charge in [0.25, 0.3) is 0 Å². The van der Waals surface area contributed by atoms with E-state index < -0.39 is 0 Å². The summed E-state index contributed by atoms with van der Waals surface area (Å²) < 4.78 is 17.4. The first kappa shape index (κ1) is 26.5. The molecule has 0 N–H and O–H groups in total. The van der Waals surface area contributed by atoms with E-state index in [9.17, 15) is 4.79 Å². The molecular formula is C30H44O4. The van der Waals surface area contributed by atoms with Gasteiger partial charge in [0, 0.05) is 25.0 Å². The predicted octanol–water partition coefficient (Wildman–Crippen LogP) is 7.28. The first-order valence-electron chi connectivity index (χ1n) is 13.2. The molecule has 1 aromatic carbocycles. The molecule has 0 saturated heterocycles. The molecule has 4 nitrogen and oxygen atoms in total. The van der Waals surface area contributed by atoms with Gasteiger partial charge in [-0.15, -0.1) is 0 Å². The molecule has 0 amide bonds. The van der Waals surface area contributed by atoms with E-state index in [0.29, 0.717) is 24.4 Å². The quantitative estimate of drug-likeness (QED) is 0.225. The molecule has 0 heterocycles. The Kier molecular flexibility index (Phi) is 10.7. The minimum absolute atomic E-state index is 0.0533. The molecule has 188 valence electrons. The second-order valence-corrected chi connectivity index (χ2v) is 10.5. The van der Waals surface area contributed by atoms with Gasteiger partial charge in [0.15, 0.2) is 5.78 Å². The minimum Gasteiger partial charge on any atom is -0.497 e. The lowest BCUT2D eigenvalue weighted by Gasteiger charge is -2.37. The summed E-state index contributed by atoms with van der Waals surface area (Å²) >= 11 is 0. The number of allylic oxidation sites excluding steroid dienone is 4. The van der Waals surface area contributed by atoms with Crippen LogP contribution in [0, 0.1) is 23.7 Å². The van der Waals surface area contributed by atoms with Crippen LogP contribution in [0.15, 0.2) is 48.3 Å². The molecule has 0 radical (unpaired) electrons. The summed E-state index contributed by atoms with van der Waals surface area (Å²) in [5, 5.41) is 0. The van der Waals surface area contributed by atoms with E-state index in [1.54, 1.807) is 13.2 Å². The van der Waals surface area contributed by atoms with Crippen molar-refractivity contribution in [1.82, 2.24) is 0 Å². The van der Waals surface area contributed by atoms with Crippen molar-refractivity contribution in [3.8, 4) is 5.75 Å². The van der Waals surface area contributed by atoms with Crippen LogP contribution in [0.5, 0.6) is 5.75 Å². The maximum Gasteiger partial charge on any atom is 0.162 e. The van der Waals surface area contributed by atoms with Crippen LogP contribution in [0.4, 0.5) is 0 Å². The van der Waals surface area contributed by atoms with Crippen LogP contribution in [0.3, 0.4) is 0 Å². The standard InChI is InChI=1S/C30H44O4/c1-22(2)28-16-11-23(3)18-30(28)34-27-19-25(29(31)20-27)10-8-6-5-7-9-17-33-21-24-12-14-26(32-4)15-13-24/h6,8,12-15,20,22-23,25,28,30H,5,7,9-11,16-19,21H2,1-4H3/b8-6-/t23-,25-,28+,30-/m1/s1. The van der Waals surface area contributed by atoms with Crippen molar-refractivity contribution in [3.05, 3.63) is 53.8 Å². The predicted molar refractivity (Wildman–Crippen MR) is 138 cm³/mol. The Labute approximate surface area is 206 Å². The van der Waals surface area contributed by atoms with Gasteiger partial charge in [0.05, 0.1) is 13.7 Å². The van der Waals surface area contributed by atoms with Crippen LogP contribution in [0.2, 0.25) is 0 Å². The number of hydrogen-bond acceptors (Lipinski definition) is 4. The molecule has 2 aliphatic carbocycles. The van der Waals surface area contributed by atoms with Crippen molar-refractivity contribution in [2.45, 2.75) is 84.8 Å². The van der Waals surface area contributed by atoms with E-state index in [1.807, 2.05) is 24.3 Å². The number of unbranched alkanes of at least 4 members (excludes halogenated alkanes) is 2. The van der Waals surface area contributed by atoms with Gasteiger partial charge >= 0.3 is 0 Å². The molecule has 4 heteroatoms. The lowest BCUT2D eigenvalue weighted by Crippen LogP contribution is -2.34. The maximum atomic E-state index is 12.5. The topological polar surface area (TPSA) is 44.8 Å². The van der Waals surface area contributed by atoms with Crippen LogP contribution in [-0.2, 0) is 20.9 Å². The maximum absolute atomic E-state index is 12.5. The number of rotatable bonds is 13. The number of carbonyl (C=O) groups excluding carboxylic acids is 1. The smallest absolute Gasteiger partial charge is 0.162 e. The monoisotopic (exact) mass is 468 g/mol. The molecule has 0 aliphatic heterocycles. The summed E-state index contributed by atoms with van der Waals surface area (Å²) in [5.41, 5.74) is 1.16. The number of carbonyl (C=O) groups is 1. The normalized spacial score (nSPS) is 25.2. The summed E-state index contributed by atoms with van der Waals surface area (Å²) in [7, 11) is 1.68. The Morgan fingerprint density at radius 3 is 2.62 bits per heavy atom. The third kappa shape index (κ3) is 8.30. The van der Waals surface area contributed by atoms with E-state index in [1.165, 1.54) is 12.8 Å². The number of benzene rings is 1. The number of hydrogen-bond donors (Lipinski definition) is 0. The number of ether oxygens (including phenoxy) is 3. The summed E-state index contributed by atoms with van der Waals surface area (Å²) in [6.45, 7) is 8.32. The van der Waals surface area contributed by atoms with Gasteiger partial charge in [-0.2, -0.15) is 0 Å². The molecule has 0 aromatic heterocycles. The summed E-state index contributed by atoms with van der Waals surface area (Å²) in [6, 6.07) is 8.00. The van der Waals surface area contributed by atoms with Gasteiger partial charge in [0.2, 0.25) is 0 Å². The molecule has 1 fully saturated rings. The van der Waals surface area contributed by atoms with Gasteiger partial charge < -0.3 is 14.2 Å². The van der Waals surface area contributed by atoms with Crippen LogP contribution >= 0.6 is 0 Å².